The number of carbonyl (C=O) groups excluding carboxylic acids is 2. The van der Waals surface area contributed by atoms with Gasteiger partial charge in [0.2, 0.25) is 0 Å². The van der Waals surface area contributed by atoms with Gasteiger partial charge >= 0.3 is 0 Å². The van der Waals surface area contributed by atoms with Gasteiger partial charge in [-0.1, -0.05) is 32.4 Å². The van der Waals surface area contributed by atoms with Crippen molar-refractivity contribution in [2.24, 2.45) is 5.92 Å². The van der Waals surface area contributed by atoms with Gasteiger partial charge in [-0.3, -0.25) is 9.59 Å². The van der Waals surface area contributed by atoms with E-state index in [-0.39, 0.29) is 11.7 Å². The van der Waals surface area contributed by atoms with Crippen molar-refractivity contribution in [3.05, 3.63) is 34.9 Å². The Balaban J connectivity index is 2.22. The van der Waals surface area contributed by atoms with Gasteiger partial charge in [-0.25, -0.2) is 0 Å². The summed E-state index contributed by atoms with van der Waals surface area (Å²) in [6.07, 6.45) is 2.40. The van der Waals surface area contributed by atoms with Crippen molar-refractivity contribution in [3.63, 3.8) is 0 Å². The van der Waals surface area contributed by atoms with Gasteiger partial charge in [0.1, 0.15) is 0 Å². The number of nitrogens with one attached hydrogen (secondary N) is 1. The summed E-state index contributed by atoms with van der Waals surface area (Å²) >= 11 is 0. The van der Waals surface area contributed by atoms with Crippen LogP contribution in [0.4, 0.5) is 0 Å². The van der Waals surface area contributed by atoms with Crippen molar-refractivity contribution >= 4 is 11.7 Å². The standard InChI is InChI=1S/C15H19NO2/c1-3-10(2)8-14(17)12-5-4-11-6-7-16-15(18)13(11)9-12/h4-5,9-10H,3,6-8H2,1-2H3,(H,16,18). The fourth-order valence-corrected chi connectivity index (χ4v) is 2.16. The Bertz CT molecular complexity index is 479. The van der Waals surface area contributed by atoms with Gasteiger partial charge in [0.05, 0.1) is 0 Å². The van der Waals surface area contributed by atoms with Crippen molar-refractivity contribution in [3.8, 4) is 0 Å². The largest absolute Gasteiger partial charge is 0.352 e. The number of fused-ring (bicyclic) bond motifs is 1. The molecule has 1 atom stereocenters. The third kappa shape index (κ3) is 2.61. The van der Waals surface area contributed by atoms with Gasteiger partial charge in [-0.2, -0.15) is 0 Å². The molecule has 1 aliphatic rings. The lowest BCUT2D eigenvalue weighted by Gasteiger charge is -2.17. The van der Waals surface area contributed by atoms with Crippen LogP contribution < -0.4 is 5.32 Å². The molecule has 18 heavy (non-hydrogen) atoms. The number of amides is 1. The quantitative estimate of drug-likeness (QED) is 0.829. The molecule has 2 rings (SSSR count). The van der Waals surface area contributed by atoms with Crippen LogP contribution in [0.1, 0.15) is 53.0 Å². The van der Waals surface area contributed by atoms with E-state index >= 15 is 0 Å². The summed E-state index contributed by atoms with van der Waals surface area (Å²) in [5, 5.41) is 2.81. The third-order valence-corrected chi connectivity index (χ3v) is 3.59. The van der Waals surface area contributed by atoms with Crippen LogP contribution in [0.3, 0.4) is 0 Å². The van der Waals surface area contributed by atoms with Gasteiger partial charge in [0.15, 0.2) is 5.78 Å². The molecule has 1 heterocycles. The maximum atomic E-state index is 12.1. The first-order valence-corrected chi connectivity index (χ1v) is 6.56. The van der Waals surface area contributed by atoms with E-state index in [2.05, 4.69) is 19.2 Å². The topological polar surface area (TPSA) is 46.2 Å². The Morgan fingerprint density at radius 1 is 1.44 bits per heavy atom. The number of carbonyl (C=O) groups is 2. The normalized spacial score (nSPS) is 15.8. The molecule has 0 saturated carbocycles. The van der Waals surface area contributed by atoms with Crippen LogP contribution in [-0.2, 0) is 6.42 Å². The maximum absolute atomic E-state index is 12.1. The molecular weight excluding hydrogens is 226 g/mol. The highest BCUT2D eigenvalue weighted by molar-refractivity contribution is 6.02. The minimum absolute atomic E-state index is 0.0607. The molecule has 0 aromatic heterocycles. The molecule has 1 aliphatic heterocycles. The molecule has 1 amide bonds. The van der Waals surface area contributed by atoms with Crippen molar-refractivity contribution in [1.82, 2.24) is 5.32 Å². The fourth-order valence-electron chi connectivity index (χ4n) is 2.16. The predicted octanol–water partition coefficient (Wildman–Crippen LogP) is 2.59. The summed E-state index contributed by atoms with van der Waals surface area (Å²) in [6, 6.07) is 5.51. The van der Waals surface area contributed by atoms with E-state index in [0.29, 0.717) is 30.0 Å². The van der Waals surface area contributed by atoms with Crippen molar-refractivity contribution in [2.45, 2.75) is 33.1 Å². The van der Waals surface area contributed by atoms with E-state index in [0.717, 1.165) is 18.4 Å². The first-order chi connectivity index (χ1) is 8.61. The summed E-state index contributed by atoms with van der Waals surface area (Å²) in [6.45, 7) is 4.84. The Kier molecular flexibility index (Phi) is 3.80. The Morgan fingerprint density at radius 3 is 2.94 bits per heavy atom. The first kappa shape index (κ1) is 12.8. The Labute approximate surface area is 108 Å². The number of hydrogen-bond donors (Lipinski definition) is 1. The highest BCUT2D eigenvalue weighted by Gasteiger charge is 2.19. The number of rotatable bonds is 4. The van der Waals surface area contributed by atoms with E-state index < -0.39 is 0 Å². The zero-order chi connectivity index (χ0) is 13.1. The van der Waals surface area contributed by atoms with Crippen molar-refractivity contribution in [1.29, 1.82) is 0 Å². The molecule has 0 fully saturated rings. The van der Waals surface area contributed by atoms with Crippen molar-refractivity contribution in [2.75, 3.05) is 6.54 Å². The van der Waals surface area contributed by atoms with Gasteiger partial charge in [0.25, 0.3) is 5.91 Å². The van der Waals surface area contributed by atoms with Crippen LogP contribution in [0.5, 0.6) is 0 Å². The van der Waals surface area contributed by atoms with E-state index in [1.807, 2.05) is 12.1 Å². The average Bonchev–Trinajstić information content (AvgIpc) is 2.38. The lowest BCUT2D eigenvalue weighted by Crippen LogP contribution is -2.32. The van der Waals surface area contributed by atoms with Crippen LogP contribution in [0, 0.1) is 5.92 Å². The average molecular weight is 245 g/mol. The second kappa shape index (κ2) is 5.34. The Hall–Kier alpha value is -1.64. The Morgan fingerprint density at radius 2 is 2.22 bits per heavy atom. The van der Waals surface area contributed by atoms with E-state index in [1.165, 1.54) is 0 Å². The summed E-state index contributed by atoms with van der Waals surface area (Å²) in [4.78, 5) is 23.8. The molecule has 0 radical (unpaired) electrons. The summed E-state index contributed by atoms with van der Waals surface area (Å²) < 4.78 is 0. The van der Waals surface area contributed by atoms with E-state index in [9.17, 15) is 9.59 Å². The molecule has 0 spiro atoms. The lowest BCUT2D eigenvalue weighted by molar-refractivity contribution is 0.0946. The minimum atomic E-state index is -0.0607. The highest BCUT2D eigenvalue weighted by atomic mass is 16.1. The maximum Gasteiger partial charge on any atom is 0.251 e. The molecule has 1 aromatic carbocycles. The first-order valence-electron chi connectivity index (χ1n) is 6.56. The molecule has 3 nitrogen and oxygen atoms in total. The summed E-state index contributed by atoms with van der Waals surface area (Å²) in [5.41, 5.74) is 2.36. The smallest absolute Gasteiger partial charge is 0.251 e. The van der Waals surface area contributed by atoms with Crippen LogP contribution in [0.15, 0.2) is 18.2 Å². The predicted molar refractivity (Wildman–Crippen MR) is 70.9 cm³/mol. The van der Waals surface area contributed by atoms with Crippen molar-refractivity contribution < 1.29 is 9.59 Å². The zero-order valence-electron chi connectivity index (χ0n) is 11.0. The van der Waals surface area contributed by atoms with E-state index in [4.69, 9.17) is 0 Å². The molecule has 0 aliphatic carbocycles. The molecular formula is C15H19NO2. The van der Waals surface area contributed by atoms with Crippen LogP contribution in [0.25, 0.3) is 0 Å². The monoisotopic (exact) mass is 245 g/mol. The molecule has 3 heteroatoms. The van der Waals surface area contributed by atoms with Crippen LogP contribution in [0.2, 0.25) is 0 Å². The fraction of sp³-hybridized carbons (Fsp3) is 0.467. The molecule has 0 bridgehead atoms. The molecule has 96 valence electrons. The van der Waals surface area contributed by atoms with Crippen LogP contribution in [-0.4, -0.2) is 18.2 Å². The molecule has 1 aromatic rings. The second-order valence-corrected chi connectivity index (χ2v) is 5.02. The SMILES string of the molecule is CCC(C)CC(=O)c1ccc2c(c1)C(=O)NCC2. The number of ketones is 1. The van der Waals surface area contributed by atoms with Gasteiger partial charge < -0.3 is 5.32 Å². The molecule has 1 unspecified atom stereocenters. The van der Waals surface area contributed by atoms with E-state index in [1.54, 1.807) is 6.07 Å². The highest BCUT2D eigenvalue weighted by Crippen LogP contribution is 2.19. The number of benzene rings is 1. The lowest BCUT2D eigenvalue weighted by atomic mass is 9.93. The summed E-state index contributed by atoms with van der Waals surface area (Å²) in [5.74, 6) is 0.460. The second-order valence-electron chi connectivity index (χ2n) is 5.02. The molecule has 0 saturated heterocycles. The van der Waals surface area contributed by atoms with Gasteiger partial charge in [0, 0.05) is 24.1 Å². The zero-order valence-corrected chi connectivity index (χ0v) is 11.0. The third-order valence-electron chi connectivity index (χ3n) is 3.59. The van der Waals surface area contributed by atoms with Gasteiger partial charge in [-0.15, -0.1) is 0 Å². The number of hydrogen-bond acceptors (Lipinski definition) is 2. The van der Waals surface area contributed by atoms with Crippen LogP contribution >= 0.6 is 0 Å². The number of Topliss-reactive ketones (excluding diaryl/α,β-unsaturated/α-hetero) is 1. The minimum Gasteiger partial charge on any atom is -0.352 e. The summed E-state index contributed by atoms with van der Waals surface area (Å²) in [7, 11) is 0. The molecule has 1 N–H and O–H groups in total. The van der Waals surface area contributed by atoms with Gasteiger partial charge in [-0.05, 0) is 24.0 Å².